The van der Waals surface area contributed by atoms with Crippen LogP contribution >= 0.6 is 0 Å². The van der Waals surface area contributed by atoms with E-state index in [2.05, 4.69) is 10.3 Å². The van der Waals surface area contributed by atoms with Crippen LogP contribution in [-0.4, -0.2) is 26.1 Å². The van der Waals surface area contributed by atoms with Crippen LogP contribution in [0, 0.1) is 0 Å². The highest BCUT2D eigenvalue weighted by Crippen LogP contribution is 2.15. The average Bonchev–Trinajstić information content (AvgIpc) is 2.88. The van der Waals surface area contributed by atoms with Crippen molar-refractivity contribution in [2.24, 2.45) is 0 Å². The van der Waals surface area contributed by atoms with Crippen molar-refractivity contribution < 1.29 is 9.90 Å². The largest absolute Gasteiger partial charge is 0.480 e. The second-order valence-electron chi connectivity index (χ2n) is 4.85. The first-order chi connectivity index (χ1) is 9.70. The molecule has 0 saturated heterocycles. The molecule has 0 saturated carbocycles. The van der Waals surface area contributed by atoms with E-state index in [0.717, 1.165) is 24.1 Å². The molecule has 1 N–H and O–H groups in total. The zero-order valence-corrected chi connectivity index (χ0v) is 11.6. The molecule has 0 aliphatic heterocycles. The molecule has 0 aliphatic carbocycles. The lowest BCUT2D eigenvalue weighted by Gasteiger charge is -2.10. The summed E-state index contributed by atoms with van der Waals surface area (Å²) >= 11 is 0. The van der Waals surface area contributed by atoms with Crippen LogP contribution in [0.25, 0.3) is 0 Å². The highest BCUT2D eigenvalue weighted by molar-refractivity contribution is 5.71. The van der Waals surface area contributed by atoms with Gasteiger partial charge < -0.3 is 5.11 Å². The first kappa shape index (κ1) is 14.2. The average molecular weight is 273 g/mol. The van der Waals surface area contributed by atoms with Gasteiger partial charge in [-0.05, 0) is 12.0 Å². The number of carboxylic acid groups (broad SMARTS) is 1. The molecule has 0 radical (unpaired) electrons. The van der Waals surface area contributed by atoms with Gasteiger partial charge in [0.05, 0.1) is 5.69 Å². The van der Waals surface area contributed by atoms with E-state index in [1.54, 1.807) is 6.20 Å². The van der Waals surface area contributed by atoms with E-state index in [4.69, 9.17) is 0 Å². The van der Waals surface area contributed by atoms with Crippen molar-refractivity contribution >= 4 is 5.97 Å². The molecule has 5 nitrogen and oxygen atoms in total. The zero-order valence-electron chi connectivity index (χ0n) is 11.6. The molecule has 2 aromatic rings. The van der Waals surface area contributed by atoms with E-state index in [-0.39, 0.29) is 0 Å². The lowest BCUT2D eigenvalue weighted by molar-refractivity contribution is -0.141. The number of nitrogens with zero attached hydrogens (tertiary/aromatic N) is 3. The Bertz CT molecular complexity index is 551. The van der Waals surface area contributed by atoms with Gasteiger partial charge in [0.2, 0.25) is 0 Å². The third kappa shape index (κ3) is 3.66. The van der Waals surface area contributed by atoms with E-state index in [9.17, 15) is 9.90 Å². The molecule has 5 heteroatoms. The Morgan fingerprint density at radius 2 is 2.10 bits per heavy atom. The van der Waals surface area contributed by atoms with Crippen LogP contribution in [0.2, 0.25) is 0 Å². The molecular formula is C15H19N3O2. The number of carbonyl (C=O) groups is 1. The fourth-order valence-electron chi connectivity index (χ4n) is 2.12. The molecule has 2 rings (SSSR count). The smallest absolute Gasteiger partial charge is 0.328 e. The first-order valence-electron chi connectivity index (χ1n) is 6.88. The summed E-state index contributed by atoms with van der Waals surface area (Å²) in [5, 5.41) is 17.3. The Hall–Kier alpha value is -2.17. The quantitative estimate of drug-likeness (QED) is 0.842. The van der Waals surface area contributed by atoms with Gasteiger partial charge in [-0.25, -0.2) is 9.48 Å². The molecule has 1 unspecified atom stereocenters. The van der Waals surface area contributed by atoms with Gasteiger partial charge >= 0.3 is 5.97 Å². The number of carboxylic acids is 1. The minimum atomic E-state index is -0.852. The normalized spacial score (nSPS) is 12.2. The number of unbranched alkanes of at least 4 members (excludes halogenated alkanes) is 1. The Morgan fingerprint density at radius 3 is 2.75 bits per heavy atom. The molecule has 1 atom stereocenters. The standard InChI is InChI=1S/C15H19N3O2/c1-2-3-9-14(15(19)20)18-11-13(16-17-18)10-12-7-5-4-6-8-12/h4-8,11,14H,2-3,9-10H2,1H3,(H,19,20). The minimum Gasteiger partial charge on any atom is -0.480 e. The van der Waals surface area contributed by atoms with Crippen LogP contribution in [0.15, 0.2) is 36.5 Å². The molecule has 20 heavy (non-hydrogen) atoms. The summed E-state index contributed by atoms with van der Waals surface area (Å²) in [5.41, 5.74) is 1.93. The van der Waals surface area contributed by atoms with Crippen molar-refractivity contribution in [2.75, 3.05) is 0 Å². The predicted octanol–water partition coefficient (Wildman–Crippen LogP) is 2.68. The van der Waals surface area contributed by atoms with Crippen molar-refractivity contribution in [3.8, 4) is 0 Å². The van der Waals surface area contributed by atoms with Crippen molar-refractivity contribution in [1.82, 2.24) is 15.0 Å². The fraction of sp³-hybridized carbons (Fsp3) is 0.400. The minimum absolute atomic E-state index is 0.583. The van der Waals surface area contributed by atoms with Crippen molar-refractivity contribution in [1.29, 1.82) is 0 Å². The zero-order chi connectivity index (χ0) is 14.4. The van der Waals surface area contributed by atoms with E-state index in [0.29, 0.717) is 12.8 Å². The molecular weight excluding hydrogens is 254 g/mol. The van der Waals surface area contributed by atoms with Gasteiger partial charge in [-0.15, -0.1) is 5.10 Å². The molecule has 0 bridgehead atoms. The number of rotatable bonds is 7. The maximum absolute atomic E-state index is 11.3. The van der Waals surface area contributed by atoms with Gasteiger partial charge in [-0.2, -0.15) is 0 Å². The Balaban J connectivity index is 2.08. The molecule has 0 spiro atoms. The molecule has 1 heterocycles. The van der Waals surface area contributed by atoms with E-state index < -0.39 is 12.0 Å². The summed E-state index contributed by atoms with van der Waals surface area (Å²) in [6, 6.07) is 9.33. The van der Waals surface area contributed by atoms with E-state index in [1.165, 1.54) is 4.68 Å². The third-order valence-corrected chi connectivity index (χ3v) is 3.22. The first-order valence-corrected chi connectivity index (χ1v) is 6.88. The van der Waals surface area contributed by atoms with E-state index in [1.807, 2.05) is 37.3 Å². The van der Waals surface area contributed by atoms with Crippen LogP contribution in [0.1, 0.15) is 43.5 Å². The van der Waals surface area contributed by atoms with Gasteiger partial charge in [0.1, 0.15) is 0 Å². The van der Waals surface area contributed by atoms with Gasteiger partial charge in [0.15, 0.2) is 6.04 Å². The number of aromatic nitrogens is 3. The Kier molecular flexibility index (Phi) is 4.87. The maximum atomic E-state index is 11.3. The van der Waals surface area contributed by atoms with Crippen LogP contribution < -0.4 is 0 Å². The lowest BCUT2D eigenvalue weighted by Crippen LogP contribution is -2.19. The molecule has 106 valence electrons. The molecule has 1 aromatic heterocycles. The summed E-state index contributed by atoms with van der Waals surface area (Å²) < 4.78 is 1.47. The van der Waals surface area contributed by atoms with Crippen molar-refractivity contribution in [2.45, 2.75) is 38.6 Å². The highest BCUT2D eigenvalue weighted by Gasteiger charge is 2.20. The van der Waals surface area contributed by atoms with Crippen LogP contribution in [0.3, 0.4) is 0 Å². The van der Waals surface area contributed by atoms with Gasteiger partial charge in [-0.3, -0.25) is 0 Å². The summed E-state index contributed by atoms with van der Waals surface area (Å²) in [4.78, 5) is 11.3. The number of aliphatic carboxylic acids is 1. The van der Waals surface area contributed by atoms with Crippen LogP contribution in [-0.2, 0) is 11.2 Å². The number of hydrogen-bond donors (Lipinski definition) is 1. The van der Waals surface area contributed by atoms with Crippen molar-refractivity contribution in [3.63, 3.8) is 0 Å². The number of benzene rings is 1. The second kappa shape index (κ2) is 6.84. The van der Waals surface area contributed by atoms with Gasteiger partial charge in [-0.1, -0.05) is 55.3 Å². The highest BCUT2D eigenvalue weighted by atomic mass is 16.4. The topological polar surface area (TPSA) is 68.0 Å². The SMILES string of the molecule is CCCCC(C(=O)O)n1cc(Cc2ccccc2)nn1. The molecule has 0 aliphatic rings. The monoisotopic (exact) mass is 273 g/mol. The summed E-state index contributed by atoms with van der Waals surface area (Å²) in [6.07, 6.45) is 4.82. The van der Waals surface area contributed by atoms with Gasteiger partial charge in [0, 0.05) is 12.6 Å². The fourth-order valence-corrected chi connectivity index (χ4v) is 2.12. The second-order valence-corrected chi connectivity index (χ2v) is 4.85. The van der Waals surface area contributed by atoms with Crippen molar-refractivity contribution in [3.05, 3.63) is 47.8 Å². The summed E-state index contributed by atoms with van der Waals surface area (Å²) in [5.74, 6) is -0.852. The molecule has 0 amide bonds. The summed E-state index contributed by atoms with van der Waals surface area (Å²) in [6.45, 7) is 2.04. The van der Waals surface area contributed by atoms with E-state index >= 15 is 0 Å². The Labute approximate surface area is 118 Å². The molecule has 0 fully saturated rings. The third-order valence-electron chi connectivity index (χ3n) is 3.22. The van der Waals surface area contributed by atoms with Crippen LogP contribution in [0.5, 0.6) is 0 Å². The number of hydrogen-bond acceptors (Lipinski definition) is 3. The van der Waals surface area contributed by atoms with Crippen LogP contribution in [0.4, 0.5) is 0 Å². The molecule has 1 aromatic carbocycles. The predicted molar refractivity (Wildman–Crippen MR) is 75.5 cm³/mol. The Morgan fingerprint density at radius 1 is 1.35 bits per heavy atom. The summed E-state index contributed by atoms with van der Waals surface area (Å²) in [7, 11) is 0. The maximum Gasteiger partial charge on any atom is 0.328 e. The van der Waals surface area contributed by atoms with Gasteiger partial charge in [0.25, 0.3) is 0 Å². The lowest BCUT2D eigenvalue weighted by atomic mass is 10.1.